The van der Waals surface area contributed by atoms with Gasteiger partial charge in [-0.3, -0.25) is 14.0 Å². The highest BCUT2D eigenvalue weighted by Gasteiger charge is 2.42. The van der Waals surface area contributed by atoms with E-state index in [1.54, 1.807) is 13.9 Å². The van der Waals surface area contributed by atoms with Crippen LogP contribution in [0.1, 0.15) is 47.7 Å². The molecule has 2 bridgehead atoms. The highest BCUT2D eigenvalue weighted by molar-refractivity contribution is 5.93. The van der Waals surface area contributed by atoms with Crippen molar-refractivity contribution in [1.29, 1.82) is 0 Å². The first kappa shape index (κ1) is 15.8. The second-order valence-corrected chi connectivity index (χ2v) is 8.03. The highest BCUT2D eigenvalue weighted by Crippen LogP contribution is 2.33. The molecule has 26 heavy (non-hydrogen) atoms. The molecule has 8 nitrogen and oxygen atoms in total. The summed E-state index contributed by atoms with van der Waals surface area (Å²) in [5, 5.41) is 8.92. The van der Waals surface area contributed by atoms with Gasteiger partial charge in [0.25, 0.3) is 5.91 Å². The third kappa shape index (κ3) is 2.42. The van der Waals surface area contributed by atoms with Crippen molar-refractivity contribution in [2.45, 2.75) is 64.2 Å². The molecule has 0 spiro atoms. The molecule has 2 fully saturated rings. The lowest BCUT2D eigenvalue weighted by atomic mass is 10.1. The Bertz CT molecular complexity index is 934. The maximum absolute atomic E-state index is 13.2. The maximum atomic E-state index is 13.2. The molecule has 138 valence electrons. The molecular weight excluding hydrogens is 332 g/mol. The summed E-state index contributed by atoms with van der Waals surface area (Å²) < 4.78 is 5.11. The summed E-state index contributed by atoms with van der Waals surface area (Å²) in [5.74, 6) is 1.47. The molecule has 8 heteroatoms. The smallest absolute Gasteiger partial charge is 0.329 e. The monoisotopic (exact) mass is 356 g/mol. The van der Waals surface area contributed by atoms with E-state index >= 15 is 0 Å². The summed E-state index contributed by atoms with van der Waals surface area (Å²) in [5.41, 5.74) is 1.45. The number of nitrogens with zero attached hydrogens (tertiary/aromatic N) is 6. The lowest BCUT2D eigenvalue weighted by Crippen LogP contribution is -2.43. The van der Waals surface area contributed by atoms with Gasteiger partial charge in [0.1, 0.15) is 11.5 Å². The van der Waals surface area contributed by atoms with Crippen LogP contribution in [0.15, 0.2) is 10.9 Å². The molecule has 3 aliphatic rings. The first-order valence-electron chi connectivity index (χ1n) is 9.51. The zero-order chi connectivity index (χ0) is 18.0. The number of aryl methyl sites for hydroxylation is 2. The van der Waals surface area contributed by atoms with Gasteiger partial charge in [-0.25, -0.2) is 9.48 Å². The highest BCUT2D eigenvalue weighted by atomic mass is 16.2. The van der Waals surface area contributed by atoms with Crippen molar-refractivity contribution in [3.8, 4) is 0 Å². The Morgan fingerprint density at radius 1 is 1.19 bits per heavy atom. The van der Waals surface area contributed by atoms with Crippen LogP contribution in [-0.4, -0.2) is 47.0 Å². The maximum Gasteiger partial charge on any atom is 0.345 e. The number of rotatable bonds is 3. The molecule has 0 radical (unpaired) electrons. The van der Waals surface area contributed by atoms with E-state index in [1.807, 2.05) is 24.9 Å². The lowest BCUT2D eigenvalue weighted by Gasteiger charge is -2.27. The lowest BCUT2D eigenvalue weighted by molar-refractivity contribution is 0.0653. The second kappa shape index (κ2) is 5.56. The Balaban J connectivity index is 1.46. The SMILES string of the molecule is Cc1cc(C(=O)N2C3CCC2Cn2c(nn(CC4CC4)c2=O)C3)n(C)n1. The summed E-state index contributed by atoms with van der Waals surface area (Å²) in [7, 11) is 1.81. The van der Waals surface area contributed by atoms with E-state index in [0.29, 0.717) is 24.6 Å². The van der Waals surface area contributed by atoms with E-state index in [4.69, 9.17) is 0 Å². The third-order valence-electron chi connectivity index (χ3n) is 6.01. The Hall–Kier alpha value is -2.38. The third-order valence-corrected chi connectivity index (χ3v) is 6.01. The van der Waals surface area contributed by atoms with Crippen molar-refractivity contribution in [1.82, 2.24) is 29.0 Å². The van der Waals surface area contributed by atoms with Gasteiger partial charge in [0.05, 0.1) is 11.7 Å². The van der Waals surface area contributed by atoms with Crippen molar-refractivity contribution in [3.05, 3.63) is 33.8 Å². The topological polar surface area (TPSA) is 78.0 Å². The molecule has 1 aliphatic carbocycles. The van der Waals surface area contributed by atoms with Gasteiger partial charge in [-0.05, 0) is 44.6 Å². The molecule has 5 rings (SSSR count). The van der Waals surface area contributed by atoms with Crippen molar-refractivity contribution in [2.24, 2.45) is 13.0 Å². The molecule has 2 unspecified atom stereocenters. The van der Waals surface area contributed by atoms with Gasteiger partial charge >= 0.3 is 5.69 Å². The Labute approximate surface area is 151 Å². The van der Waals surface area contributed by atoms with Crippen LogP contribution in [-0.2, 0) is 26.6 Å². The van der Waals surface area contributed by atoms with E-state index in [-0.39, 0.29) is 23.7 Å². The molecule has 2 aromatic heterocycles. The summed E-state index contributed by atoms with van der Waals surface area (Å²) in [4.78, 5) is 27.9. The minimum absolute atomic E-state index is 0.0109. The number of hydrogen-bond donors (Lipinski definition) is 0. The van der Waals surface area contributed by atoms with Gasteiger partial charge < -0.3 is 4.90 Å². The normalized spacial score (nSPS) is 24.6. The number of carbonyl (C=O) groups is 1. The summed E-state index contributed by atoms with van der Waals surface area (Å²) in [6, 6.07) is 2.01. The minimum atomic E-state index is -0.0109. The van der Waals surface area contributed by atoms with E-state index in [2.05, 4.69) is 10.2 Å². The van der Waals surface area contributed by atoms with Crippen LogP contribution in [0.5, 0.6) is 0 Å². The zero-order valence-corrected chi connectivity index (χ0v) is 15.3. The van der Waals surface area contributed by atoms with Crippen LogP contribution in [0.2, 0.25) is 0 Å². The fraction of sp³-hybridized carbons (Fsp3) is 0.667. The fourth-order valence-electron chi connectivity index (χ4n) is 4.52. The molecule has 4 heterocycles. The first-order valence-corrected chi connectivity index (χ1v) is 9.51. The molecule has 1 saturated heterocycles. The van der Waals surface area contributed by atoms with E-state index in [1.165, 1.54) is 12.8 Å². The molecule has 2 aromatic rings. The molecule has 0 N–H and O–H groups in total. The number of carbonyl (C=O) groups excluding carboxylic acids is 1. The molecule has 1 saturated carbocycles. The van der Waals surface area contributed by atoms with Crippen LogP contribution in [0.3, 0.4) is 0 Å². The molecule has 2 atom stereocenters. The van der Waals surface area contributed by atoms with Crippen molar-refractivity contribution < 1.29 is 4.79 Å². The second-order valence-electron chi connectivity index (χ2n) is 8.03. The van der Waals surface area contributed by atoms with Gasteiger partial charge in [-0.15, -0.1) is 0 Å². The number of aromatic nitrogens is 5. The minimum Gasteiger partial charge on any atom is -0.329 e. The van der Waals surface area contributed by atoms with Gasteiger partial charge in [0.15, 0.2) is 0 Å². The quantitative estimate of drug-likeness (QED) is 0.812. The van der Waals surface area contributed by atoms with Gasteiger partial charge in [0.2, 0.25) is 0 Å². The molecular formula is C18H24N6O2. The van der Waals surface area contributed by atoms with Crippen LogP contribution in [0.4, 0.5) is 0 Å². The van der Waals surface area contributed by atoms with Gasteiger partial charge in [-0.2, -0.15) is 10.2 Å². The van der Waals surface area contributed by atoms with E-state index < -0.39 is 0 Å². The van der Waals surface area contributed by atoms with Gasteiger partial charge in [0, 0.05) is 32.6 Å². The van der Waals surface area contributed by atoms with Crippen LogP contribution >= 0.6 is 0 Å². The average molecular weight is 356 g/mol. The van der Waals surface area contributed by atoms with Crippen molar-refractivity contribution in [2.75, 3.05) is 0 Å². The predicted molar refractivity (Wildman–Crippen MR) is 93.8 cm³/mol. The number of fused-ring (bicyclic) bond motifs is 3. The van der Waals surface area contributed by atoms with Crippen molar-refractivity contribution >= 4 is 5.91 Å². The number of amides is 1. The van der Waals surface area contributed by atoms with Crippen molar-refractivity contribution in [3.63, 3.8) is 0 Å². The Morgan fingerprint density at radius 2 is 1.96 bits per heavy atom. The molecule has 1 amide bonds. The van der Waals surface area contributed by atoms with Crippen LogP contribution < -0.4 is 5.69 Å². The Morgan fingerprint density at radius 3 is 2.65 bits per heavy atom. The Kier molecular flexibility index (Phi) is 3.39. The average Bonchev–Trinajstić information content (AvgIpc) is 3.18. The van der Waals surface area contributed by atoms with Crippen LogP contribution in [0, 0.1) is 12.8 Å². The first-order chi connectivity index (χ1) is 12.5. The fourth-order valence-corrected chi connectivity index (χ4v) is 4.52. The molecule has 2 aliphatic heterocycles. The van der Waals surface area contributed by atoms with Crippen LogP contribution in [0.25, 0.3) is 0 Å². The zero-order valence-electron chi connectivity index (χ0n) is 15.3. The van der Waals surface area contributed by atoms with E-state index in [0.717, 1.165) is 30.9 Å². The number of hydrogen-bond acceptors (Lipinski definition) is 4. The standard InChI is InChI=1S/C18H24N6O2/c1-11-7-15(21(2)19-11)17(25)24-13-5-6-14(24)10-22-16(8-13)20-23(18(22)26)9-12-3-4-12/h7,12-14H,3-6,8-10H2,1-2H3. The summed E-state index contributed by atoms with van der Waals surface area (Å²) in [6.07, 6.45) is 4.97. The summed E-state index contributed by atoms with van der Waals surface area (Å²) >= 11 is 0. The summed E-state index contributed by atoms with van der Waals surface area (Å²) in [6.45, 7) is 3.19. The predicted octanol–water partition coefficient (Wildman–Crippen LogP) is 0.726. The molecule has 0 aromatic carbocycles. The largest absolute Gasteiger partial charge is 0.345 e. The van der Waals surface area contributed by atoms with E-state index in [9.17, 15) is 9.59 Å². The van der Waals surface area contributed by atoms with Gasteiger partial charge in [-0.1, -0.05) is 0 Å².